The molecule has 2 amide bonds. The summed E-state index contributed by atoms with van der Waals surface area (Å²) in [4.78, 5) is 23.8. The molecule has 1 saturated carbocycles. The van der Waals surface area contributed by atoms with Gasteiger partial charge in [0.25, 0.3) is 0 Å². The molecule has 0 saturated heterocycles. The molecule has 1 atom stereocenters. The number of nitrogens with two attached hydrogens (primary N) is 1. The third-order valence-electron chi connectivity index (χ3n) is 4.12. The monoisotopic (exact) mass is 290 g/mol. The van der Waals surface area contributed by atoms with E-state index in [1.165, 1.54) is 0 Å². The molecule has 0 radical (unpaired) electrons. The maximum atomic E-state index is 12.1. The van der Waals surface area contributed by atoms with E-state index < -0.39 is 17.6 Å². The molecule has 4 N–H and O–H groups in total. The van der Waals surface area contributed by atoms with Gasteiger partial charge < -0.3 is 16.2 Å². The summed E-state index contributed by atoms with van der Waals surface area (Å²) in [6, 6.07) is 9.00. The highest BCUT2D eigenvalue weighted by molar-refractivity contribution is 5.90. The number of primary amides is 1. The minimum atomic E-state index is -0.939. The van der Waals surface area contributed by atoms with Gasteiger partial charge in [0.2, 0.25) is 11.8 Å². The van der Waals surface area contributed by atoms with Crippen LogP contribution in [0.5, 0.6) is 0 Å². The number of hydrogen-bond donors (Lipinski definition) is 3. The summed E-state index contributed by atoms with van der Waals surface area (Å²) in [6.45, 7) is 0. The molecule has 2 rings (SSSR count). The summed E-state index contributed by atoms with van der Waals surface area (Å²) in [5, 5.41) is 12.8. The van der Waals surface area contributed by atoms with Crippen LogP contribution in [0.1, 0.15) is 50.2 Å². The van der Waals surface area contributed by atoms with Gasteiger partial charge >= 0.3 is 0 Å². The molecule has 0 heterocycles. The van der Waals surface area contributed by atoms with Crippen LogP contribution in [0.2, 0.25) is 0 Å². The predicted molar refractivity (Wildman–Crippen MR) is 79.2 cm³/mol. The van der Waals surface area contributed by atoms with Crippen molar-refractivity contribution in [3.63, 3.8) is 0 Å². The Kier molecular flexibility index (Phi) is 4.96. The van der Waals surface area contributed by atoms with E-state index in [0.717, 1.165) is 19.3 Å². The highest BCUT2D eigenvalue weighted by Crippen LogP contribution is 2.28. The van der Waals surface area contributed by atoms with Gasteiger partial charge in [0.05, 0.1) is 12.5 Å². The molecule has 5 nitrogen and oxygen atoms in total. The van der Waals surface area contributed by atoms with Gasteiger partial charge in [-0.15, -0.1) is 0 Å². The zero-order valence-electron chi connectivity index (χ0n) is 12.0. The normalized spacial score (nSPS) is 18.7. The Morgan fingerprint density at radius 3 is 2.38 bits per heavy atom. The van der Waals surface area contributed by atoms with Gasteiger partial charge in [-0.2, -0.15) is 0 Å². The van der Waals surface area contributed by atoms with E-state index in [9.17, 15) is 14.7 Å². The number of carbonyl (C=O) groups is 2. The van der Waals surface area contributed by atoms with Crippen LogP contribution in [0.3, 0.4) is 0 Å². The van der Waals surface area contributed by atoms with E-state index in [1.807, 2.05) is 18.2 Å². The van der Waals surface area contributed by atoms with Crippen LogP contribution in [0.15, 0.2) is 30.3 Å². The molecule has 1 aliphatic rings. The Balaban J connectivity index is 1.98. The average molecular weight is 290 g/mol. The maximum Gasteiger partial charge on any atom is 0.243 e. The van der Waals surface area contributed by atoms with Crippen molar-refractivity contribution < 1.29 is 14.7 Å². The predicted octanol–water partition coefficient (Wildman–Crippen LogP) is 1.41. The third kappa shape index (κ3) is 3.82. The van der Waals surface area contributed by atoms with Crippen LogP contribution in [-0.2, 0) is 9.59 Å². The van der Waals surface area contributed by atoms with E-state index in [4.69, 9.17) is 5.73 Å². The zero-order valence-corrected chi connectivity index (χ0v) is 12.0. The number of carbonyl (C=O) groups excluding carboxylic acids is 2. The second-order valence-electron chi connectivity index (χ2n) is 5.69. The Bertz CT molecular complexity index is 496. The molecule has 0 aromatic heterocycles. The van der Waals surface area contributed by atoms with Crippen molar-refractivity contribution in [3.8, 4) is 0 Å². The van der Waals surface area contributed by atoms with Crippen LogP contribution in [-0.4, -0.2) is 22.5 Å². The number of hydrogen-bond acceptors (Lipinski definition) is 3. The Hall–Kier alpha value is -1.88. The van der Waals surface area contributed by atoms with E-state index >= 15 is 0 Å². The van der Waals surface area contributed by atoms with Crippen molar-refractivity contribution in [2.24, 2.45) is 5.73 Å². The van der Waals surface area contributed by atoms with E-state index in [2.05, 4.69) is 5.32 Å². The molecule has 21 heavy (non-hydrogen) atoms. The van der Waals surface area contributed by atoms with Crippen molar-refractivity contribution in [3.05, 3.63) is 35.9 Å². The zero-order chi connectivity index (χ0) is 15.3. The molecular weight excluding hydrogens is 268 g/mol. The van der Waals surface area contributed by atoms with E-state index in [-0.39, 0.29) is 12.3 Å². The molecule has 1 aromatic carbocycles. The smallest absolute Gasteiger partial charge is 0.243 e. The lowest BCUT2D eigenvalue weighted by molar-refractivity contribution is -0.134. The minimum absolute atomic E-state index is 0.0704. The summed E-state index contributed by atoms with van der Waals surface area (Å²) >= 11 is 0. The molecule has 0 bridgehead atoms. The first kappa shape index (κ1) is 15.5. The largest absolute Gasteiger partial charge is 0.388 e. The van der Waals surface area contributed by atoms with Gasteiger partial charge in [-0.05, 0) is 18.4 Å². The Morgan fingerprint density at radius 1 is 1.19 bits per heavy atom. The first-order chi connectivity index (χ1) is 10.0. The van der Waals surface area contributed by atoms with Crippen LogP contribution in [0.4, 0.5) is 0 Å². The fraction of sp³-hybridized carbons (Fsp3) is 0.500. The van der Waals surface area contributed by atoms with Gasteiger partial charge in [-0.1, -0.05) is 49.6 Å². The van der Waals surface area contributed by atoms with Gasteiger partial charge in [0, 0.05) is 0 Å². The summed E-state index contributed by atoms with van der Waals surface area (Å²) in [6.07, 6.45) is 3.02. The molecular formula is C16H22N2O3. The molecule has 0 aliphatic heterocycles. The molecule has 5 heteroatoms. The van der Waals surface area contributed by atoms with Gasteiger partial charge in [-0.25, -0.2) is 0 Å². The van der Waals surface area contributed by atoms with E-state index in [1.54, 1.807) is 12.1 Å². The fourth-order valence-electron chi connectivity index (χ4n) is 2.87. The standard InChI is InChI=1S/C16H22N2O3/c17-15(21)16(9-5-2-6-10-16)18-14(20)11-13(19)12-7-3-1-4-8-12/h1,3-4,7-8,13,19H,2,5-6,9-11H2,(H2,17,21)(H,18,20). The number of nitrogens with one attached hydrogen (secondary N) is 1. The van der Waals surface area contributed by atoms with Crippen molar-refractivity contribution >= 4 is 11.8 Å². The number of amides is 2. The first-order valence-corrected chi connectivity index (χ1v) is 7.37. The second kappa shape index (κ2) is 6.72. The summed E-state index contributed by atoms with van der Waals surface area (Å²) < 4.78 is 0. The molecule has 1 unspecified atom stereocenters. The topological polar surface area (TPSA) is 92.4 Å². The molecule has 1 aromatic rings. The van der Waals surface area contributed by atoms with Crippen LogP contribution < -0.4 is 11.1 Å². The first-order valence-electron chi connectivity index (χ1n) is 7.37. The van der Waals surface area contributed by atoms with Crippen molar-refractivity contribution in [1.29, 1.82) is 0 Å². The quantitative estimate of drug-likeness (QED) is 0.765. The Labute approximate surface area is 124 Å². The van der Waals surface area contributed by atoms with Crippen LogP contribution in [0, 0.1) is 0 Å². The molecule has 1 fully saturated rings. The Morgan fingerprint density at radius 2 is 1.81 bits per heavy atom. The van der Waals surface area contributed by atoms with E-state index in [0.29, 0.717) is 18.4 Å². The molecule has 0 spiro atoms. The fourth-order valence-corrected chi connectivity index (χ4v) is 2.87. The number of benzene rings is 1. The highest BCUT2D eigenvalue weighted by atomic mass is 16.3. The van der Waals surface area contributed by atoms with Gasteiger partial charge in [0.15, 0.2) is 0 Å². The lowest BCUT2D eigenvalue weighted by Gasteiger charge is -2.35. The second-order valence-corrected chi connectivity index (χ2v) is 5.69. The van der Waals surface area contributed by atoms with Crippen molar-refractivity contribution in [1.82, 2.24) is 5.32 Å². The lowest BCUT2D eigenvalue weighted by atomic mass is 9.81. The highest BCUT2D eigenvalue weighted by Gasteiger charge is 2.39. The minimum Gasteiger partial charge on any atom is -0.388 e. The molecule has 1 aliphatic carbocycles. The molecule has 114 valence electrons. The SMILES string of the molecule is NC(=O)C1(NC(=O)CC(O)c2ccccc2)CCCCC1. The summed E-state index contributed by atoms with van der Waals surface area (Å²) in [5.41, 5.74) is 5.22. The average Bonchev–Trinajstić information content (AvgIpc) is 2.48. The van der Waals surface area contributed by atoms with Crippen molar-refractivity contribution in [2.75, 3.05) is 0 Å². The summed E-state index contributed by atoms with van der Waals surface area (Å²) in [5.74, 6) is -0.822. The number of rotatable bonds is 5. The lowest BCUT2D eigenvalue weighted by Crippen LogP contribution is -2.58. The third-order valence-corrected chi connectivity index (χ3v) is 4.12. The van der Waals surface area contributed by atoms with Crippen LogP contribution in [0.25, 0.3) is 0 Å². The maximum absolute atomic E-state index is 12.1. The number of aliphatic hydroxyl groups is 1. The van der Waals surface area contributed by atoms with Crippen LogP contribution >= 0.6 is 0 Å². The summed E-state index contributed by atoms with van der Waals surface area (Å²) in [7, 11) is 0. The van der Waals surface area contributed by atoms with Crippen molar-refractivity contribution in [2.45, 2.75) is 50.2 Å². The van der Waals surface area contributed by atoms with Gasteiger partial charge in [-0.3, -0.25) is 9.59 Å². The number of aliphatic hydroxyl groups excluding tert-OH is 1. The van der Waals surface area contributed by atoms with Gasteiger partial charge in [0.1, 0.15) is 5.54 Å².